The topological polar surface area (TPSA) is 72.6 Å². The molecule has 0 radical (unpaired) electrons. The van der Waals surface area contributed by atoms with Crippen LogP contribution in [0.5, 0.6) is 5.75 Å². The van der Waals surface area contributed by atoms with Gasteiger partial charge >= 0.3 is 5.69 Å². The predicted octanol–water partition coefficient (Wildman–Crippen LogP) is 3.37. The van der Waals surface area contributed by atoms with Crippen LogP contribution >= 0.6 is 0 Å². The van der Waals surface area contributed by atoms with Crippen LogP contribution in [0.15, 0.2) is 42.5 Å². The summed E-state index contributed by atoms with van der Waals surface area (Å²) in [6, 6.07) is 10.8. The van der Waals surface area contributed by atoms with Gasteiger partial charge in [0.2, 0.25) is 5.82 Å². The molecule has 0 amide bonds. The molecule has 0 bridgehead atoms. The van der Waals surface area contributed by atoms with E-state index in [-0.39, 0.29) is 12.2 Å². The second kappa shape index (κ2) is 6.32. The van der Waals surface area contributed by atoms with Gasteiger partial charge in [0.25, 0.3) is 0 Å². The Kier molecular flexibility index (Phi) is 4.49. The van der Waals surface area contributed by atoms with Crippen molar-refractivity contribution in [2.75, 3.05) is 0 Å². The summed E-state index contributed by atoms with van der Waals surface area (Å²) in [7, 11) is 0. The van der Waals surface area contributed by atoms with Crippen LogP contribution in [0.2, 0.25) is 0 Å². The number of nitro groups is 1. The highest BCUT2D eigenvalue weighted by atomic mass is 19.1. The number of hydrogen-bond acceptors (Lipinski definition) is 4. The summed E-state index contributed by atoms with van der Waals surface area (Å²) in [6.07, 6.45) is -0.726. The molecule has 0 spiro atoms. The standard InChI is InChI=1S/C15H14FNO4/c1-10(18)12-6-2-3-8-14(12)21-9-11-5-4-7-13(15(11)16)17(19)20/h2-8,10,18H,9H2,1H3. The van der Waals surface area contributed by atoms with E-state index in [1.165, 1.54) is 12.1 Å². The van der Waals surface area contributed by atoms with Crippen molar-refractivity contribution < 1.29 is 19.2 Å². The van der Waals surface area contributed by atoms with Crippen molar-refractivity contribution in [1.82, 2.24) is 0 Å². The molecule has 5 nitrogen and oxygen atoms in total. The lowest BCUT2D eigenvalue weighted by Crippen LogP contribution is -2.04. The van der Waals surface area contributed by atoms with Gasteiger partial charge < -0.3 is 9.84 Å². The van der Waals surface area contributed by atoms with E-state index in [9.17, 15) is 19.6 Å². The van der Waals surface area contributed by atoms with Crippen LogP contribution in [-0.4, -0.2) is 10.0 Å². The SMILES string of the molecule is CC(O)c1ccccc1OCc1cccc([N+](=O)[O-])c1F. The summed E-state index contributed by atoms with van der Waals surface area (Å²) in [4.78, 5) is 9.91. The fourth-order valence-electron chi connectivity index (χ4n) is 1.93. The first-order valence-corrected chi connectivity index (χ1v) is 6.32. The zero-order valence-corrected chi connectivity index (χ0v) is 11.3. The molecular weight excluding hydrogens is 277 g/mol. The minimum atomic E-state index is -0.906. The van der Waals surface area contributed by atoms with Crippen molar-refractivity contribution in [3.8, 4) is 5.75 Å². The van der Waals surface area contributed by atoms with Crippen LogP contribution in [0.4, 0.5) is 10.1 Å². The quantitative estimate of drug-likeness (QED) is 0.677. The number of aliphatic hydroxyl groups excluding tert-OH is 1. The number of nitro benzene ring substituents is 1. The van der Waals surface area contributed by atoms with Crippen molar-refractivity contribution >= 4 is 5.69 Å². The monoisotopic (exact) mass is 291 g/mol. The van der Waals surface area contributed by atoms with Gasteiger partial charge in [-0.3, -0.25) is 10.1 Å². The maximum Gasteiger partial charge on any atom is 0.305 e. The fourth-order valence-corrected chi connectivity index (χ4v) is 1.93. The third-order valence-corrected chi connectivity index (χ3v) is 3.01. The van der Waals surface area contributed by atoms with Gasteiger partial charge in [0.1, 0.15) is 12.4 Å². The van der Waals surface area contributed by atoms with E-state index in [2.05, 4.69) is 0 Å². The van der Waals surface area contributed by atoms with Gasteiger partial charge in [-0.25, -0.2) is 0 Å². The molecule has 2 aromatic carbocycles. The first-order valence-electron chi connectivity index (χ1n) is 6.32. The molecule has 21 heavy (non-hydrogen) atoms. The molecule has 1 atom stereocenters. The van der Waals surface area contributed by atoms with Gasteiger partial charge in [-0.15, -0.1) is 0 Å². The Labute approximate surface area is 120 Å². The number of para-hydroxylation sites is 1. The predicted molar refractivity (Wildman–Crippen MR) is 74.5 cm³/mol. The average molecular weight is 291 g/mol. The molecule has 0 saturated carbocycles. The largest absolute Gasteiger partial charge is 0.488 e. The summed E-state index contributed by atoms with van der Waals surface area (Å²) in [5.41, 5.74) is 0.0767. The van der Waals surface area contributed by atoms with E-state index < -0.39 is 22.5 Å². The van der Waals surface area contributed by atoms with Crippen LogP contribution in [-0.2, 0) is 6.61 Å². The Hall–Kier alpha value is -2.47. The lowest BCUT2D eigenvalue weighted by molar-refractivity contribution is -0.387. The molecule has 0 aromatic heterocycles. The number of benzene rings is 2. The van der Waals surface area contributed by atoms with Gasteiger partial charge in [-0.2, -0.15) is 4.39 Å². The third-order valence-electron chi connectivity index (χ3n) is 3.01. The average Bonchev–Trinajstić information content (AvgIpc) is 2.46. The highest BCUT2D eigenvalue weighted by Crippen LogP contribution is 2.27. The number of hydrogen-bond donors (Lipinski definition) is 1. The maximum atomic E-state index is 13.9. The lowest BCUT2D eigenvalue weighted by Gasteiger charge is -2.13. The number of halogens is 1. The van der Waals surface area contributed by atoms with Crippen LogP contribution in [0.1, 0.15) is 24.2 Å². The Balaban J connectivity index is 2.21. The van der Waals surface area contributed by atoms with Crippen molar-refractivity contribution in [3.05, 3.63) is 69.5 Å². The Morgan fingerprint density at radius 3 is 2.67 bits per heavy atom. The first kappa shape index (κ1) is 14.9. The molecule has 0 heterocycles. The smallest absolute Gasteiger partial charge is 0.305 e. The summed E-state index contributed by atoms with van der Waals surface area (Å²) < 4.78 is 19.4. The number of rotatable bonds is 5. The van der Waals surface area contributed by atoms with E-state index in [0.717, 1.165) is 6.07 Å². The summed E-state index contributed by atoms with van der Waals surface area (Å²) in [6.45, 7) is 1.44. The van der Waals surface area contributed by atoms with Gasteiger partial charge in [-0.1, -0.05) is 30.3 Å². The molecule has 110 valence electrons. The highest BCUT2D eigenvalue weighted by Gasteiger charge is 2.18. The molecule has 0 aliphatic rings. The zero-order valence-electron chi connectivity index (χ0n) is 11.3. The van der Waals surface area contributed by atoms with E-state index in [1.807, 2.05) is 0 Å². The molecule has 0 aliphatic heterocycles. The first-order chi connectivity index (χ1) is 10.0. The fraction of sp³-hybridized carbons (Fsp3) is 0.200. The molecular formula is C15H14FNO4. The number of nitrogens with zero attached hydrogens (tertiary/aromatic N) is 1. The van der Waals surface area contributed by atoms with Gasteiger partial charge in [0, 0.05) is 17.2 Å². The van der Waals surface area contributed by atoms with Crippen LogP contribution in [0.25, 0.3) is 0 Å². The van der Waals surface area contributed by atoms with Crippen LogP contribution in [0, 0.1) is 15.9 Å². The summed E-state index contributed by atoms with van der Waals surface area (Å²) in [5.74, 6) is -0.490. The Morgan fingerprint density at radius 1 is 1.29 bits per heavy atom. The highest BCUT2D eigenvalue weighted by molar-refractivity contribution is 5.38. The van der Waals surface area contributed by atoms with Gasteiger partial charge in [0.15, 0.2) is 0 Å². The second-order valence-electron chi connectivity index (χ2n) is 4.51. The van der Waals surface area contributed by atoms with Crippen molar-refractivity contribution in [2.45, 2.75) is 19.6 Å². The second-order valence-corrected chi connectivity index (χ2v) is 4.51. The summed E-state index contributed by atoms with van der Waals surface area (Å²) in [5, 5.41) is 20.3. The normalized spacial score (nSPS) is 12.0. The minimum absolute atomic E-state index is 0.0876. The van der Waals surface area contributed by atoms with Crippen LogP contribution < -0.4 is 4.74 Å². The van der Waals surface area contributed by atoms with Gasteiger partial charge in [-0.05, 0) is 13.0 Å². The van der Waals surface area contributed by atoms with Gasteiger partial charge in [0.05, 0.1) is 11.0 Å². The molecule has 6 heteroatoms. The molecule has 2 rings (SSSR count). The molecule has 0 saturated heterocycles. The van der Waals surface area contributed by atoms with Crippen molar-refractivity contribution in [2.24, 2.45) is 0 Å². The van der Waals surface area contributed by atoms with Crippen molar-refractivity contribution in [1.29, 1.82) is 0 Å². The molecule has 0 aliphatic carbocycles. The molecule has 2 aromatic rings. The lowest BCUT2D eigenvalue weighted by atomic mass is 10.1. The minimum Gasteiger partial charge on any atom is -0.488 e. The molecule has 1 N–H and O–H groups in total. The van der Waals surface area contributed by atoms with E-state index in [4.69, 9.17) is 4.74 Å². The maximum absolute atomic E-state index is 13.9. The molecule has 1 unspecified atom stereocenters. The molecule has 0 fully saturated rings. The third kappa shape index (κ3) is 3.35. The van der Waals surface area contributed by atoms with E-state index >= 15 is 0 Å². The summed E-state index contributed by atoms with van der Waals surface area (Å²) >= 11 is 0. The Morgan fingerprint density at radius 2 is 2.00 bits per heavy atom. The number of aliphatic hydroxyl groups is 1. The van der Waals surface area contributed by atoms with Crippen molar-refractivity contribution in [3.63, 3.8) is 0 Å². The van der Waals surface area contributed by atoms with E-state index in [0.29, 0.717) is 11.3 Å². The van der Waals surface area contributed by atoms with Crippen LogP contribution in [0.3, 0.4) is 0 Å². The zero-order chi connectivity index (χ0) is 15.4. The number of ether oxygens (including phenoxy) is 1. The Bertz CT molecular complexity index is 658. The van der Waals surface area contributed by atoms with E-state index in [1.54, 1.807) is 31.2 Å².